The summed E-state index contributed by atoms with van der Waals surface area (Å²) >= 11 is 5.99. The van der Waals surface area contributed by atoms with Crippen LogP contribution in [0.2, 0.25) is 5.02 Å². The summed E-state index contributed by atoms with van der Waals surface area (Å²) in [6, 6.07) is 6.35. The van der Waals surface area contributed by atoms with Crippen molar-refractivity contribution in [3.8, 4) is 0 Å². The molecule has 1 aliphatic carbocycles. The zero-order chi connectivity index (χ0) is 11.3. The van der Waals surface area contributed by atoms with E-state index in [1.54, 1.807) is 0 Å². The Kier molecular flexibility index (Phi) is 2.08. The first-order valence-electron chi connectivity index (χ1n) is 5.47. The Morgan fingerprint density at radius 1 is 1.44 bits per heavy atom. The Balaban J connectivity index is 2.40. The van der Waals surface area contributed by atoms with E-state index in [0.29, 0.717) is 6.04 Å². The lowest BCUT2D eigenvalue weighted by atomic mass is 10.1. The van der Waals surface area contributed by atoms with Crippen LogP contribution >= 0.6 is 11.6 Å². The van der Waals surface area contributed by atoms with Crippen molar-refractivity contribution in [2.24, 2.45) is 0 Å². The number of hydrogen-bond donors (Lipinski definition) is 0. The number of benzene rings is 1. The van der Waals surface area contributed by atoms with Crippen LogP contribution in [0.5, 0.6) is 0 Å². The van der Waals surface area contributed by atoms with Crippen molar-refractivity contribution < 1.29 is 4.79 Å². The average Bonchev–Trinajstić information content (AvgIpc) is 3.06. The minimum absolute atomic E-state index is 0.512. The fourth-order valence-corrected chi connectivity index (χ4v) is 2.51. The van der Waals surface area contributed by atoms with Gasteiger partial charge < -0.3 is 4.57 Å². The van der Waals surface area contributed by atoms with E-state index in [0.717, 1.165) is 33.5 Å². The average molecular weight is 234 g/mol. The summed E-state index contributed by atoms with van der Waals surface area (Å²) in [6.07, 6.45) is 3.31. The first-order valence-corrected chi connectivity index (χ1v) is 5.85. The molecule has 1 fully saturated rings. The van der Waals surface area contributed by atoms with Crippen molar-refractivity contribution in [1.82, 2.24) is 4.57 Å². The van der Waals surface area contributed by atoms with E-state index in [1.807, 2.05) is 25.1 Å². The van der Waals surface area contributed by atoms with Crippen LogP contribution in [0, 0.1) is 6.92 Å². The number of carbonyl (C=O) groups is 1. The lowest BCUT2D eigenvalue weighted by molar-refractivity contribution is 0.111. The van der Waals surface area contributed by atoms with Gasteiger partial charge in [0.05, 0.1) is 5.69 Å². The van der Waals surface area contributed by atoms with Crippen LogP contribution in [0.3, 0.4) is 0 Å². The van der Waals surface area contributed by atoms with Crippen molar-refractivity contribution in [2.45, 2.75) is 25.8 Å². The van der Waals surface area contributed by atoms with Crippen molar-refractivity contribution >= 4 is 28.8 Å². The second-order valence-electron chi connectivity index (χ2n) is 4.39. The standard InChI is InChI=1S/C13H12ClNO/c1-8-11-6-9(14)2-5-12(11)15(10-3-4-10)13(8)7-16/h2,5-7,10H,3-4H2,1H3. The van der Waals surface area contributed by atoms with Gasteiger partial charge in [-0.1, -0.05) is 11.6 Å². The largest absolute Gasteiger partial charge is 0.335 e. The van der Waals surface area contributed by atoms with Gasteiger partial charge in [0.25, 0.3) is 0 Å². The maximum absolute atomic E-state index is 11.2. The molecule has 1 aliphatic rings. The molecule has 0 atom stereocenters. The third-order valence-corrected chi connectivity index (χ3v) is 3.52. The summed E-state index contributed by atoms with van der Waals surface area (Å²) in [5.41, 5.74) is 2.98. The molecule has 16 heavy (non-hydrogen) atoms. The maximum atomic E-state index is 11.2. The third kappa shape index (κ3) is 1.30. The summed E-state index contributed by atoms with van der Waals surface area (Å²) in [6.45, 7) is 1.99. The number of fused-ring (bicyclic) bond motifs is 1. The van der Waals surface area contributed by atoms with Gasteiger partial charge in [0.2, 0.25) is 0 Å². The number of aromatic nitrogens is 1. The summed E-state index contributed by atoms with van der Waals surface area (Å²) in [5, 5.41) is 1.82. The highest BCUT2D eigenvalue weighted by molar-refractivity contribution is 6.31. The molecule has 3 rings (SSSR count). The monoisotopic (exact) mass is 233 g/mol. The van der Waals surface area contributed by atoms with Crippen molar-refractivity contribution in [3.63, 3.8) is 0 Å². The van der Waals surface area contributed by atoms with Gasteiger partial charge in [-0.15, -0.1) is 0 Å². The summed E-state index contributed by atoms with van der Waals surface area (Å²) in [7, 11) is 0. The summed E-state index contributed by atoms with van der Waals surface area (Å²) in [4.78, 5) is 11.2. The zero-order valence-electron chi connectivity index (χ0n) is 9.03. The van der Waals surface area contributed by atoms with Crippen LogP contribution in [-0.4, -0.2) is 10.9 Å². The second kappa shape index (κ2) is 3.36. The fourth-order valence-electron chi connectivity index (χ4n) is 2.34. The number of rotatable bonds is 2. The molecule has 2 aromatic rings. The van der Waals surface area contributed by atoms with Crippen LogP contribution in [0.1, 0.15) is 34.9 Å². The van der Waals surface area contributed by atoms with Gasteiger partial charge in [0, 0.05) is 22.0 Å². The van der Waals surface area contributed by atoms with E-state index in [9.17, 15) is 4.79 Å². The molecule has 1 aromatic heterocycles. The van der Waals surface area contributed by atoms with E-state index in [2.05, 4.69) is 4.57 Å². The molecule has 0 unspecified atom stereocenters. The fraction of sp³-hybridized carbons (Fsp3) is 0.308. The Morgan fingerprint density at radius 2 is 2.19 bits per heavy atom. The Labute approximate surface area is 98.8 Å². The molecule has 2 nitrogen and oxygen atoms in total. The maximum Gasteiger partial charge on any atom is 0.166 e. The van der Waals surface area contributed by atoms with Crippen LogP contribution < -0.4 is 0 Å². The zero-order valence-corrected chi connectivity index (χ0v) is 9.79. The molecular weight excluding hydrogens is 222 g/mol. The minimum atomic E-state index is 0.512. The topological polar surface area (TPSA) is 22.0 Å². The van der Waals surface area contributed by atoms with Gasteiger partial charge in [0.1, 0.15) is 0 Å². The van der Waals surface area contributed by atoms with E-state index >= 15 is 0 Å². The number of halogens is 1. The third-order valence-electron chi connectivity index (χ3n) is 3.29. The normalized spacial score (nSPS) is 15.6. The quantitative estimate of drug-likeness (QED) is 0.724. The Bertz CT molecular complexity index is 581. The van der Waals surface area contributed by atoms with Crippen LogP contribution in [-0.2, 0) is 0 Å². The van der Waals surface area contributed by atoms with Gasteiger partial charge in [-0.3, -0.25) is 4.79 Å². The molecule has 0 N–H and O–H groups in total. The van der Waals surface area contributed by atoms with Gasteiger partial charge in [-0.2, -0.15) is 0 Å². The van der Waals surface area contributed by atoms with Crippen molar-refractivity contribution in [3.05, 3.63) is 34.5 Å². The predicted molar refractivity (Wildman–Crippen MR) is 65.3 cm³/mol. The molecule has 0 aliphatic heterocycles. The molecule has 0 bridgehead atoms. The van der Waals surface area contributed by atoms with Crippen LogP contribution in [0.25, 0.3) is 10.9 Å². The van der Waals surface area contributed by atoms with E-state index in [-0.39, 0.29) is 0 Å². The molecular formula is C13H12ClNO. The van der Waals surface area contributed by atoms with Crippen LogP contribution in [0.4, 0.5) is 0 Å². The van der Waals surface area contributed by atoms with Crippen molar-refractivity contribution in [2.75, 3.05) is 0 Å². The molecule has 1 aromatic carbocycles. The van der Waals surface area contributed by atoms with Crippen molar-refractivity contribution in [1.29, 1.82) is 0 Å². The summed E-state index contributed by atoms with van der Waals surface area (Å²) < 4.78 is 2.16. The highest BCUT2D eigenvalue weighted by Gasteiger charge is 2.28. The van der Waals surface area contributed by atoms with E-state index in [1.165, 1.54) is 12.8 Å². The SMILES string of the molecule is Cc1c(C=O)n(C2CC2)c2ccc(Cl)cc12. The van der Waals surface area contributed by atoms with E-state index in [4.69, 9.17) is 11.6 Å². The molecule has 0 amide bonds. The highest BCUT2D eigenvalue weighted by atomic mass is 35.5. The number of carbonyl (C=O) groups excluding carboxylic acids is 1. The molecule has 0 spiro atoms. The predicted octanol–water partition coefficient (Wildman–Crippen LogP) is 3.75. The molecule has 1 heterocycles. The van der Waals surface area contributed by atoms with Gasteiger partial charge in [0.15, 0.2) is 6.29 Å². The lowest BCUT2D eigenvalue weighted by Gasteiger charge is -2.04. The Morgan fingerprint density at radius 3 is 2.81 bits per heavy atom. The first kappa shape index (κ1) is 9.91. The van der Waals surface area contributed by atoms with Gasteiger partial charge in [-0.25, -0.2) is 0 Å². The molecule has 82 valence electrons. The summed E-state index contributed by atoms with van der Waals surface area (Å²) in [5.74, 6) is 0. The molecule has 0 saturated heterocycles. The highest BCUT2D eigenvalue weighted by Crippen LogP contribution is 2.41. The molecule has 3 heteroatoms. The number of hydrogen-bond acceptors (Lipinski definition) is 1. The van der Waals surface area contributed by atoms with Crippen LogP contribution in [0.15, 0.2) is 18.2 Å². The smallest absolute Gasteiger partial charge is 0.166 e. The van der Waals surface area contributed by atoms with E-state index < -0.39 is 0 Å². The lowest BCUT2D eigenvalue weighted by Crippen LogP contribution is -1.99. The first-order chi connectivity index (χ1) is 7.72. The second-order valence-corrected chi connectivity index (χ2v) is 4.83. The number of aldehydes is 1. The molecule has 0 radical (unpaired) electrons. The Hall–Kier alpha value is -1.28. The molecule has 1 saturated carbocycles. The minimum Gasteiger partial charge on any atom is -0.335 e. The number of aryl methyl sites for hydroxylation is 1. The van der Waals surface area contributed by atoms with Gasteiger partial charge in [-0.05, 0) is 43.5 Å². The number of nitrogens with zero attached hydrogens (tertiary/aromatic N) is 1. The van der Waals surface area contributed by atoms with Gasteiger partial charge >= 0.3 is 0 Å².